The van der Waals surface area contributed by atoms with Crippen LogP contribution in [0.2, 0.25) is 0 Å². The number of hydrogen-bond acceptors (Lipinski definition) is 5. The zero-order chi connectivity index (χ0) is 13.5. The quantitative estimate of drug-likeness (QED) is 0.777. The van der Waals surface area contributed by atoms with Crippen molar-refractivity contribution in [1.82, 2.24) is 4.98 Å². The van der Waals surface area contributed by atoms with Crippen molar-refractivity contribution in [2.24, 2.45) is 0 Å². The van der Waals surface area contributed by atoms with Gasteiger partial charge in [0.2, 0.25) is 0 Å². The zero-order valence-electron chi connectivity index (χ0n) is 10.3. The monoisotopic (exact) mass is 253 g/mol. The van der Waals surface area contributed by atoms with Crippen LogP contribution < -0.4 is 4.74 Å². The average Bonchev–Trinajstić information content (AvgIpc) is 2.36. The number of pyridine rings is 1. The lowest BCUT2D eigenvalue weighted by Gasteiger charge is -2.09. The molecule has 1 rings (SSSR count). The van der Waals surface area contributed by atoms with Crippen LogP contribution in [0.15, 0.2) is 12.3 Å². The fourth-order valence-corrected chi connectivity index (χ4v) is 1.25. The summed E-state index contributed by atoms with van der Waals surface area (Å²) in [5.74, 6) is -1.67. The summed E-state index contributed by atoms with van der Waals surface area (Å²) in [4.78, 5) is 26.1. The SMILES string of the molecule is CCCOc1cc(C(=O)OCC)cnc1C(=O)O. The van der Waals surface area contributed by atoms with Gasteiger partial charge >= 0.3 is 11.9 Å². The summed E-state index contributed by atoms with van der Waals surface area (Å²) in [6.07, 6.45) is 1.89. The molecule has 18 heavy (non-hydrogen) atoms. The third-order valence-corrected chi connectivity index (χ3v) is 2.03. The van der Waals surface area contributed by atoms with E-state index in [0.717, 1.165) is 6.42 Å². The molecule has 1 N–H and O–H groups in total. The van der Waals surface area contributed by atoms with Gasteiger partial charge in [0.15, 0.2) is 11.4 Å². The maximum absolute atomic E-state index is 11.5. The molecule has 98 valence electrons. The van der Waals surface area contributed by atoms with Gasteiger partial charge in [0.05, 0.1) is 18.8 Å². The highest BCUT2D eigenvalue weighted by molar-refractivity contribution is 5.93. The predicted octanol–water partition coefficient (Wildman–Crippen LogP) is 1.75. The van der Waals surface area contributed by atoms with E-state index in [0.29, 0.717) is 6.61 Å². The molecule has 0 radical (unpaired) electrons. The van der Waals surface area contributed by atoms with Gasteiger partial charge in [-0.15, -0.1) is 0 Å². The van der Waals surface area contributed by atoms with Crippen LogP contribution in [0.3, 0.4) is 0 Å². The van der Waals surface area contributed by atoms with Crippen LogP contribution in [-0.4, -0.2) is 35.2 Å². The summed E-state index contributed by atoms with van der Waals surface area (Å²) in [7, 11) is 0. The van der Waals surface area contributed by atoms with Crippen LogP contribution >= 0.6 is 0 Å². The first kappa shape index (κ1) is 14.0. The van der Waals surface area contributed by atoms with E-state index in [-0.39, 0.29) is 23.6 Å². The number of rotatable bonds is 6. The van der Waals surface area contributed by atoms with E-state index in [2.05, 4.69) is 4.98 Å². The first-order chi connectivity index (χ1) is 8.60. The highest BCUT2D eigenvalue weighted by Crippen LogP contribution is 2.19. The topological polar surface area (TPSA) is 85.7 Å². The molecule has 0 unspecified atom stereocenters. The number of aromatic nitrogens is 1. The second kappa shape index (κ2) is 6.58. The van der Waals surface area contributed by atoms with Gasteiger partial charge in [0.1, 0.15) is 0 Å². The number of carboxylic acid groups (broad SMARTS) is 1. The van der Waals surface area contributed by atoms with Crippen LogP contribution in [0.5, 0.6) is 5.75 Å². The Morgan fingerprint density at radius 1 is 1.39 bits per heavy atom. The summed E-state index contributed by atoms with van der Waals surface area (Å²) in [5, 5.41) is 8.94. The molecule has 0 aliphatic carbocycles. The summed E-state index contributed by atoms with van der Waals surface area (Å²) < 4.78 is 10.1. The Morgan fingerprint density at radius 3 is 2.67 bits per heavy atom. The third-order valence-electron chi connectivity index (χ3n) is 2.03. The summed E-state index contributed by atoms with van der Waals surface area (Å²) in [5.41, 5.74) is -0.0375. The van der Waals surface area contributed by atoms with Crippen LogP contribution in [0.1, 0.15) is 41.1 Å². The van der Waals surface area contributed by atoms with Crippen molar-refractivity contribution >= 4 is 11.9 Å². The fourth-order valence-electron chi connectivity index (χ4n) is 1.25. The molecule has 6 heteroatoms. The zero-order valence-corrected chi connectivity index (χ0v) is 10.3. The predicted molar refractivity (Wildman–Crippen MR) is 62.9 cm³/mol. The van der Waals surface area contributed by atoms with Gasteiger partial charge in [-0.05, 0) is 19.4 Å². The Balaban J connectivity index is 3.04. The van der Waals surface area contributed by atoms with Gasteiger partial charge in [-0.25, -0.2) is 14.6 Å². The number of nitrogens with zero attached hydrogens (tertiary/aromatic N) is 1. The number of esters is 1. The van der Waals surface area contributed by atoms with E-state index in [1.165, 1.54) is 12.3 Å². The molecule has 1 aromatic heterocycles. The molecule has 0 fully saturated rings. The molecule has 0 amide bonds. The van der Waals surface area contributed by atoms with E-state index < -0.39 is 11.9 Å². The lowest BCUT2D eigenvalue weighted by Crippen LogP contribution is -2.10. The second-order valence-corrected chi connectivity index (χ2v) is 3.44. The third kappa shape index (κ3) is 3.44. The van der Waals surface area contributed by atoms with Crippen molar-refractivity contribution < 1.29 is 24.2 Å². The molecule has 0 saturated heterocycles. The van der Waals surface area contributed by atoms with E-state index in [1.54, 1.807) is 6.92 Å². The standard InChI is InChI=1S/C12H15NO5/c1-3-5-18-9-6-8(12(16)17-4-2)7-13-10(9)11(14)15/h6-7H,3-5H2,1-2H3,(H,14,15). The number of ether oxygens (including phenoxy) is 2. The number of hydrogen-bond donors (Lipinski definition) is 1. The first-order valence-corrected chi connectivity index (χ1v) is 5.63. The summed E-state index contributed by atoms with van der Waals surface area (Å²) in [6.45, 7) is 4.17. The van der Waals surface area contributed by atoms with E-state index >= 15 is 0 Å². The Kier molecular flexibility index (Phi) is 5.10. The second-order valence-electron chi connectivity index (χ2n) is 3.44. The van der Waals surface area contributed by atoms with Gasteiger partial charge in [-0.2, -0.15) is 0 Å². The average molecular weight is 253 g/mol. The Hall–Kier alpha value is -2.11. The van der Waals surface area contributed by atoms with Gasteiger partial charge in [0.25, 0.3) is 0 Å². The molecule has 0 bridgehead atoms. The largest absolute Gasteiger partial charge is 0.491 e. The van der Waals surface area contributed by atoms with E-state index in [4.69, 9.17) is 14.6 Å². The van der Waals surface area contributed by atoms with Crippen LogP contribution in [0, 0.1) is 0 Å². The minimum atomic E-state index is -1.20. The van der Waals surface area contributed by atoms with Crippen molar-refractivity contribution in [1.29, 1.82) is 0 Å². The minimum absolute atomic E-state index is 0.0786. The van der Waals surface area contributed by atoms with Gasteiger partial charge in [-0.1, -0.05) is 6.92 Å². The van der Waals surface area contributed by atoms with Crippen LogP contribution in [0.25, 0.3) is 0 Å². The molecule has 0 aliphatic rings. The van der Waals surface area contributed by atoms with E-state index in [1.807, 2.05) is 6.92 Å². The Bertz CT molecular complexity index is 444. The van der Waals surface area contributed by atoms with Crippen molar-refractivity contribution in [2.75, 3.05) is 13.2 Å². The molecule has 0 spiro atoms. The first-order valence-electron chi connectivity index (χ1n) is 5.63. The summed E-state index contributed by atoms with van der Waals surface area (Å²) in [6, 6.07) is 1.34. The summed E-state index contributed by atoms with van der Waals surface area (Å²) >= 11 is 0. The molecule has 1 heterocycles. The normalized spacial score (nSPS) is 9.89. The number of aromatic carboxylic acids is 1. The van der Waals surface area contributed by atoms with Gasteiger partial charge in [-0.3, -0.25) is 0 Å². The molecule has 0 aromatic carbocycles. The van der Waals surface area contributed by atoms with Crippen molar-refractivity contribution in [3.05, 3.63) is 23.5 Å². The lowest BCUT2D eigenvalue weighted by molar-refractivity contribution is 0.0523. The Morgan fingerprint density at radius 2 is 2.11 bits per heavy atom. The molecule has 6 nitrogen and oxygen atoms in total. The number of carbonyl (C=O) groups excluding carboxylic acids is 1. The molecular formula is C12H15NO5. The molecule has 1 aromatic rings. The molecular weight excluding hydrogens is 238 g/mol. The maximum atomic E-state index is 11.5. The van der Waals surface area contributed by atoms with Gasteiger partial charge < -0.3 is 14.6 Å². The maximum Gasteiger partial charge on any atom is 0.358 e. The number of carbonyl (C=O) groups is 2. The molecule has 0 aliphatic heterocycles. The van der Waals surface area contributed by atoms with Gasteiger partial charge in [0, 0.05) is 6.20 Å². The fraction of sp³-hybridized carbons (Fsp3) is 0.417. The van der Waals surface area contributed by atoms with Crippen LogP contribution in [0.4, 0.5) is 0 Å². The lowest BCUT2D eigenvalue weighted by atomic mass is 10.2. The van der Waals surface area contributed by atoms with Crippen LogP contribution in [-0.2, 0) is 4.74 Å². The smallest absolute Gasteiger partial charge is 0.358 e. The highest BCUT2D eigenvalue weighted by Gasteiger charge is 2.17. The highest BCUT2D eigenvalue weighted by atomic mass is 16.5. The minimum Gasteiger partial charge on any atom is -0.491 e. The number of carboxylic acids is 1. The molecule has 0 atom stereocenters. The van der Waals surface area contributed by atoms with Crippen molar-refractivity contribution in [3.63, 3.8) is 0 Å². The van der Waals surface area contributed by atoms with Crippen molar-refractivity contribution in [3.8, 4) is 5.75 Å². The molecule has 0 saturated carbocycles. The Labute approximate surface area is 105 Å². The van der Waals surface area contributed by atoms with E-state index in [9.17, 15) is 9.59 Å². The van der Waals surface area contributed by atoms with Crippen molar-refractivity contribution in [2.45, 2.75) is 20.3 Å².